The normalized spacial score (nSPS) is 16.0. The molecule has 35 heavy (non-hydrogen) atoms. The van der Waals surface area contributed by atoms with Crippen LogP contribution in [-0.2, 0) is 0 Å². The predicted octanol–water partition coefficient (Wildman–Crippen LogP) is 6.24. The smallest absolute Gasteiger partial charge is 0.336 e. The van der Waals surface area contributed by atoms with Crippen LogP contribution >= 0.6 is 0 Å². The van der Waals surface area contributed by atoms with E-state index in [9.17, 15) is 14.3 Å². The maximum atomic E-state index is 14.1. The van der Waals surface area contributed by atoms with Crippen molar-refractivity contribution in [3.8, 4) is 5.75 Å². The van der Waals surface area contributed by atoms with E-state index in [1.807, 2.05) is 23.1 Å². The third-order valence-corrected chi connectivity index (χ3v) is 6.60. The Hall–Kier alpha value is -3.90. The van der Waals surface area contributed by atoms with Crippen LogP contribution in [0.2, 0.25) is 0 Å². The Balaban J connectivity index is 1.41. The summed E-state index contributed by atoms with van der Waals surface area (Å²) in [7, 11) is 0. The van der Waals surface area contributed by atoms with Crippen molar-refractivity contribution in [1.29, 1.82) is 0 Å². The molecule has 0 saturated heterocycles. The Morgan fingerprint density at radius 1 is 1.11 bits per heavy atom. The maximum Gasteiger partial charge on any atom is 0.336 e. The molecule has 6 heteroatoms. The topological polar surface area (TPSA) is 61.8 Å². The molecule has 0 bridgehead atoms. The summed E-state index contributed by atoms with van der Waals surface area (Å²) >= 11 is 0. The molecule has 1 aliphatic heterocycles. The molecular weight excluding hydrogens is 443 g/mol. The third-order valence-electron chi connectivity index (χ3n) is 6.60. The summed E-state index contributed by atoms with van der Waals surface area (Å²) in [6, 6.07) is 24.5. The predicted molar refractivity (Wildman–Crippen MR) is 136 cm³/mol. The van der Waals surface area contributed by atoms with Crippen molar-refractivity contribution >= 4 is 28.1 Å². The van der Waals surface area contributed by atoms with Crippen LogP contribution in [0.3, 0.4) is 0 Å². The third kappa shape index (κ3) is 4.57. The second-order valence-corrected chi connectivity index (χ2v) is 8.97. The van der Waals surface area contributed by atoms with Gasteiger partial charge in [0.25, 0.3) is 0 Å². The molecule has 0 fully saturated rings. The summed E-state index contributed by atoms with van der Waals surface area (Å²) < 4.78 is 20.2. The second kappa shape index (κ2) is 9.39. The van der Waals surface area contributed by atoms with Gasteiger partial charge in [0, 0.05) is 24.3 Å². The van der Waals surface area contributed by atoms with E-state index in [0.717, 1.165) is 5.69 Å². The Morgan fingerprint density at radius 3 is 2.74 bits per heavy atom. The van der Waals surface area contributed by atoms with Crippen LogP contribution in [0.1, 0.15) is 34.5 Å². The van der Waals surface area contributed by atoms with Gasteiger partial charge in [-0.25, -0.2) is 9.18 Å². The largest absolute Gasteiger partial charge is 0.485 e. The molecule has 0 aromatic heterocycles. The van der Waals surface area contributed by atoms with Crippen LogP contribution in [0.15, 0.2) is 78.9 Å². The highest BCUT2D eigenvalue weighted by molar-refractivity contribution is 5.91. The number of carbonyl (C=O) groups is 1. The lowest BCUT2D eigenvalue weighted by atomic mass is 9.99. The molecule has 0 amide bonds. The van der Waals surface area contributed by atoms with Gasteiger partial charge in [0.2, 0.25) is 0 Å². The van der Waals surface area contributed by atoms with Crippen molar-refractivity contribution in [2.24, 2.45) is 0 Å². The summed E-state index contributed by atoms with van der Waals surface area (Å²) in [4.78, 5) is 13.7. The van der Waals surface area contributed by atoms with Crippen LogP contribution in [0.5, 0.6) is 5.75 Å². The molecule has 2 N–H and O–H groups in total. The fourth-order valence-corrected chi connectivity index (χ4v) is 4.73. The van der Waals surface area contributed by atoms with Gasteiger partial charge in [0.1, 0.15) is 17.7 Å². The number of benzene rings is 4. The number of aryl methyl sites for hydroxylation is 1. The SMILES string of the molecule is Cc1ccc(N2CC(CNC(C)c3cccc4ccccc34)Oc3cc(F)ccc32)cc1C(=O)O. The standard InChI is InChI=1S/C29H27FN2O3/c1-18-10-12-22(15-26(18)29(33)34)32-17-23(35-28-14-21(30)11-13-27(28)32)16-31-19(2)24-9-5-7-20-6-3-4-8-25(20)24/h3-15,19,23,31H,16-17H2,1-2H3,(H,33,34). The van der Waals surface area contributed by atoms with Gasteiger partial charge < -0.3 is 20.1 Å². The molecule has 1 heterocycles. The minimum Gasteiger partial charge on any atom is -0.485 e. The van der Waals surface area contributed by atoms with Gasteiger partial charge in [0.05, 0.1) is 17.8 Å². The van der Waals surface area contributed by atoms with Crippen LogP contribution < -0.4 is 15.0 Å². The number of ether oxygens (including phenoxy) is 1. The van der Waals surface area contributed by atoms with Crippen molar-refractivity contribution in [2.45, 2.75) is 26.0 Å². The highest BCUT2D eigenvalue weighted by Gasteiger charge is 2.28. The lowest BCUT2D eigenvalue weighted by molar-refractivity contribution is 0.0696. The highest BCUT2D eigenvalue weighted by atomic mass is 19.1. The quantitative estimate of drug-likeness (QED) is 0.350. The first-order valence-corrected chi connectivity index (χ1v) is 11.7. The molecule has 2 atom stereocenters. The molecule has 2 unspecified atom stereocenters. The highest BCUT2D eigenvalue weighted by Crippen LogP contribution is 2.39. The second-order valence-electron chi connectivity index (χ2n) is 8.97. The fraction of sp³-hybridized carbons (Fsp3) is 0.207. The molecule has 0 aliphatic carbocycles. The molecule has 1 aliphatic rings. The summed E-state index contributed by atoms with van der Waals surface area (Å²) in [5.74, 6) is -0.908. The molecular formula is C29H27FN2O3. The number of anilines is 2. The molecule has 178 valence electrons. The van der Waals surface area contributed by atoms with Gasteiger partial charge in [-0.05, 0) is 60.0 Å². The first kappa shape index (κ1) is 22.9. The number of nitrogens with one attached hydrogen (secondary N) is 1. The first-order valence-electron chi connectivity index (χ1n) is 11.7. The summed E-state index contributed by atoms with van der Waals surface area (Å²) in [6.07, 6.45) is -0.267. The van der Waals surface area contributed by atoms with Crippen LogP contribution in [0.25, 0.3) is 10.8 Å². The van der Waals surface area contributed by atoms with Gasteiger partial charge in [-0.3, -0.25) is 0 Å². The fourth-order valence-electron chi connectivity index (χ4n) is 4.73. The van der Waals surface area contributed by atoms with E-state index in [4.69, 9.17) is 4.74 Å². The number of aromatic carboxylic acids is 1. The van der Waals surface area contributed by atoms with Gasteiger partial charge in [-0.1, -0.05) is 48.5 Å². The molecule has 0 spiro atoms. The summed E-state index contributed by atoms with van der Waals surface area (Å²) in [5.41, 5.74) is 3.58. The Bertz CT molecular complexity index is 1400. The number of rotatable bonds is 6. The summed E-state index contributed by atoms with van der Waals surface area (Å²) in [6.45, 7) is 4.93. The van der Waals surface area contributed by atoms with Crippen molar-refractivity contribution in [2.75, 3.05) is 18.0 Å². The minimum absolute atomic E-state index is 0.0741. The van der Waals surface area contributed by atoms with E-state index in [-0.39, 0.29) is 23.5 Å². The van der Waals surface area contributed by atoms with Crippen molar-refractivity contribution in [1.82, 2.24) is 5.32 Å². The van der Waals surface area contributed by atoms with E-state index in [2.05, 4.69) is 42.6 Å². The number of halogens is 1. The monoisotopic (exact) mass is 470 g/mol. The van der Waals surface area contributed by atoms with E-state index < -0.39 is 5.97 Å². The van der Waals surface area contributed by atoms with Crippen molar-refractivity contribution < 1.29 is 19.0 Å². The zero-order valence-corrected chi connectivity index (χ0v) is 19.7. The van der Waals surface area contributed by atoms with Crippen LogP contribution in [0.4, 0.5) is 15.8 Å². The number of carboxylic acids is 1. The molecule has 4 aromatic carbocycles. The zero-order valence-electron chi connectivity index (χ0n) is 19.7. The lowest BCUT2D eigenvalue weighted by Gasteiger charge is -2.37. The van der Waals surface area contributed by atoms with E-state index in [1.54, 1.807) is 25.1 Å². The molecule has 5 nitrogen and oxygen atoms in total. The maximum absolute atomic E-state index is 14.1. The van der Waals surface area contributed by atoms with Gasteiger partial charge in [-0.15, -0.1) is 0 Å². The Morgan fingerprint density at radius 2 is 1.91 bits per heavy atom. The number of fused-ring (bicyclic) bond motifs is 2. The average molecular weight is 471 g/mol. The Kier molecular flexibility index (Phi) is 6.14. The number of hydrogen-bond donors (Lipinski definition) is 2. The first-order chi connectivity index (χ1) is 16.9. The van der Waals surface area contributed by atoms with Gasteiger partial charge >= 0.3 is 5.97 Å². The average Bonchev–Trinajstić information content (AvgIpc) is 2.86. The van der Waals surface area contributed by atoms with Crippen LogP contribution in [0, 0.1) is 12.7 Å². The number of nitrogens with zero attached hydrogens (tertiary/aromatic N) is 1. The van der Waals surface area contributed by atoms with Crippen molar-refractivity contribution in [3.63, 3.8) is 0 Å². The molecule has 0 saturated carbocycles. The Labute approximate surface area is 203 Å². The molecule has 4 aromatic rings. The van der Waals surface area contributed by atoms with Crippen molar-refractivity contribution in [3.05, 3.63) is 101 Å². The lowest BCUT2D eigenvalue weighted by Crippen LogP contribution is -2.44. The molecule has 0 radical (unpaired) electrons. The van der Waals surface area contributed by atoms with Crippen LogP contribution in [-0.4, -0.2) is 30.3 Å². The number of carboxylic acid groups (broad SMARTS) is 1. The zero-order chi connectivity index (χ0) is 24.5. The molecule has 5 rings (SSSR count). The van der Waals surface area contributed by atoms with E-state index in [1.165, 1.54) is 28.5 Å². The number of hydrogen-bond acceptors (Lipinski definition) is 4. The minimum atomic E-state index is -0.973. The van der Waals surface area contributed by atoms with Gasteiger partial charge in [0.15, 0.2) is 0 Å². The summed E-state index contributed by atoms with van der Waals surface area (Å²) in [5, 5.41) is 15.6. The van der Waals surface area contributed by atoms with E-state index in [0.29, 0.717) is 30.1 Å². The van der Waals surface area contributed by atoms with Gasteiger partial charge in [-0.2, -0.15) is 0 Å². The van der Waals surface area contributed by atoms with E-state index >= 15 is 0 Å².